The lowest BCUT2D eigenvalue weighted by Gasteiger charge is -2.11. The van der Waals surface area contributed by atoms with E-state index in [9.17, 15) is 4.79 Å². The fourth-order valence-corrected chi connectivity index (χ4v) is 1.85. The van der Waals surface area contributed by atoms with Crippen LogP contribution in [0.15, 0.2) is 36.8 Å². The third kappa shape index (κ3) is 3.91. The van der Waals surface area contributed by atoms with Gasteiger partial charge < -0.3 is 5.32 Å². The molecule has 5 heteroatoms. The molecule has 2 heterocycles. The van der Waals surface area contributed by atoms with Gasteiger partial charge in [0.25, 0.3) is 0 Å². The topological polar surface area (TPSA) is 59.8 Å². The molecular formula is C14H18N4O. The van der Waals surface area contributed by atoms with E-state index in [1.807, 2.05) is 38.4 Å². The molecule has 5 nitrogen and oxygen atoms in total. The van der Waals surface area contributed by atoms with Gasteiger partial charge in [0.1, 0.15) is 0 Å². The first-order valence-electron chi connectivity index (χ1n) is 6.33. The van der Waals surface area contributed by atoms with Crippen LogP contribution in [-0.2, 0) is 18.3 Å². The van der Waals surface area contributed by atoms with E-state index in [0.717, 1.165) is 11.3 Å². The lowest BCUT2D eigenvalue weighted by molar-refractivity contribution is -0.121. The summed E-state index contributed by atoms with van der Waals surface area (Å²) < 4.78 is 1.73. The molecule has 2 aromatic rings. The van der Waals surface area contributed by atoms with E-state index in [1.54, 1.807) is 17.1 Å². The van der Waals surface area contributed by atoms with Crippen molar-refractivity contribution in [2.45, 2.75) is 25.8 Å². The van der Waals surface area contributed by atoms with Crippen LogP contribution in [-0.4, -0.2) is 20.7 Å². The molecule has 1 atom stereocenters. The SMILES string of the molecule is CC(NC(=O)CCc1ccccn1)c1cnn(C)c1. The summed E-state index contributed by atoms with van der Waals surface area (Å²) in [6.45, 7) is 1.95. The summed E-state index contributed by atoms with van der Waals surface area (Å²) in [4.78, 5) is 16.0. The number of rotatable bonds is 5. The second-order valence-electron chi connectivity index (χ2n) is 4.56. The van der Waals surface area contributed by atoms with Crippen molar-refractivity contribution in [1.29, 1.82) is 0 Å². The maximum atomic E-state index is 11.8. The molecular weight excluding hydrogens is 240 g/mol. The van der Waals surface area contributed by atoms with E-state index in [0.29, 0.717) is 12.8 Å². The molecule has 0 aliphatic carbocycles. The highest BCUT2D eigenvalue weighted by Crippen LogP contribution is 2.10. The largest absolute Gasteiger partial charge is 0.349 e. The van der Waals surface area contributed by atoms with Gasteiger partial charge in [-0.05, 0) is 25.5 Å². The Morgan fingerprint density at radius 2 is 2.32 bits per heavy atom. The Labute approximate surface area is 112 Å². The first-order valence-corrected chi connectivity index (χ1v) is 6.33. The van der Waals surface area contributed by atoms with E-state index >= 15 is 0 Å². The number of pyridine rings is 1. The first kappa shape index (κ1) is 13.3. The van der Waals surface area contributed by atoms with Gasteiger partial charge in [0.05, 0.1) is 12.2 Å². The van der Waals surface area contributed by atoms with Crippen molar-refractivity contribution in [2.24, 2.45) is 7.05 Å². The molecule has 0 bridgehead atoms. The molecule has 2 rings (SSSR count). The smallest absolute Gasteiger partial charge is 0.220 e. The number of aromatic nitrogens is 3. The molecule has 19 heavy (non-hydrogen) atoms. The second-order valence-corrected chi connectivity index (χ2v) is 4.56. The molecule has 0 aliphatic rings. The van der Waals surface area contributed by atoms with Crippen LogP contribution in [0.5, 0.6) is 0 Å². The molecule has 0 saturated heterocycles. The summed E-state index contributed by atoms with van der Waals surface area (Å²) in [5.74, 6) is 0.0296. The van der Waals surface area contributed by atoms with Crippen molar-refractivity contribution in [3.05, 3.63) is 48.0 Å². The Hall–Kier alpha value is -2.17. The normalized spacial score (nSPS) is 12.1. The maximum Gasteiger partial charge on any atom is 0.220 e. The highest BCUT2D eigenvalue weighted by atomic mass is 16.1. The molecule has 0 fully saturated rings. The van der Waals surface area contributed by atoms with Crippen molar-refractivity contribution >= 4 is 5.91 Å². The van der Waals surface area contributed by atoms with Gasteiger partial charge in [-0.2, -0.15) is 5.10 Å². The van der Waals surface area contributed by atoms with E-state index in [4.69, 9.17) is 0 Å². The van der Waals surface area contributed by atoms with E-state index in [1.165, 1.54) is 0 Å². The lowest BCUT2D eigenvalue weighted by atomic mass is 10.1. The van der Waals surface area contributed by atoms with Crippen molar-refractivity contribution in [3.8, 4) is 0 Å². The predicted molar refractivity (Wildman–Crippen MR) is 72.3 cm³/mol. The molecule has 1 amide bonds. The lowest BCUT2D eigenvalue weighted by Crippen LogP contribution is -2.26. The summed E-state index contributed by atoms with van der Waals surface area (Å²) in [7, 11) is 1.86. The minimum Gasteiger partial charge on any atom is -0.349 e. The Morgan fingerprint density at radius 1 is 1.47 bits per heavy atom. The quantitative estimate of drug-likeness (QED) is 0.886. The molecule has 0 radical (unpaired) electrons. The van der Waals surface area contributed by atoms with E-state index < -0.39 is 0 Å². The molecule has 0 spiro atoms. The third-order valence-corrected chi connectivity index (χ3v) is 2.94. The van der Waals surface area contributed by atoms with Crippen LogP contribution in [0.1, 0.15) is 30.6 Å². The van der Waals surface area contributed by atoms with Gasteiger partial charge in [-0.1, -0.05) is 6.07 Å². The predicted octanol–water partition coefficient (Wildman–Crippen LogP) is 1.63. The van der Waals surface area contributed by atoms with Gasteiger partial charge in [-0.3, -0.25) is 14.5 Å². The maximum absolute atomic E-state index is 11.8. The Bertz CT molecular complexity index is 535. The van der Waals surface area contributed by atoms with E-state index in [2.05, 4.69) is 15.4 Å². The molecule has 1 N–H and O–H groups in total. The first-order chi connectivity index (χ1) is 9.15. The van der Waals surface area contributed by atoms with Crippen molar-refractivity contribution in [2.75, 3.05) is 0 Å². The van der Waals surface area contributed by atoms with Gasteiger partial charge in [0.15, 0.2) is 0 Å². The molecule has 0 aromatic carbocycles. The minimum absolute atomic E-state index is 0.0232. The minimum atomic E-state index is -0.0232. The van der Waals surface area contributed by atoms with Gasteiger partial charge >= 0.3 is 0 Å². The van der Waals surface area contributed by atoms with E-state index in [-0.39, 0.29) is 11.9 Å². The molecule has 0 saturated carbocycles. The summed E-state index contributed by atoms with van der Waals surface area (Å²) in [6.07, 6.45) is 6.52. The van der Waals surface area contributed by atoms with Crippen LogP contribution in [0.3, 0.4) is 0 Å². The molecule has 2 aromatic heterocycles. The number of nitrogens with one attached hydrogen (secondary N) is 1. The second kappa shape index (κ2) is 6.13. The average Bonchev–Trinajstić information content (AvgIpc) is 2.84. The van der Waals surface area contributed by atoms with Crippen LogP contribution >= 0.6 is 0 Å². The highest BCUT2D eigenvalue weighted by Gasteiger charge is 2.11. The van der Waals surface area contributed by atoms with Gasteiger partial charge in [-0.15, -0.1) is 0 Å². The standard InChI is InChI=1S/C14H18N4O/c1-11(12-9-16-18(2)10-12)17-14(19)7-6-13-5-3-4-8-15-13/h3-5,8-11H,6-7H2,1-2H3,(H,17,19). The number of carbonyl (C=O) groups excluding carboxylic acids is 1. The number of hydrogen-bond acceptors (Lipinski definition) is 3. The zero-order chi connectivity index (χ0) is 13.7. The highest BCUT2D eigenvalue weighted by molar-refractivity contribution is 5.76. The van der Waals surface area contributed by atoms with Crippen LogP contribution in [0.4, 0.5) is 0 Å². The van der Waals surface area contributed by atoms with Crippen LogP contribution in [0, 0.1) is 0 Å². The Kier molecular flexibility index (Phi) is 4.28. The fourth-order valence-electron chi connectivity index (χ4n) is 1.85. The van der Waals surface area contributed by atoms with Crippen molar-refractivity contribution in [3.63, 3.8) is 0 Å². The molecule has 1 unspecified atom stereocenters. The van der Waals surface area contributed by atoms with Gasteiger partial charge in [0, 0.05) is 37.1 Å². The van der Waals surface area contributed by atoms with Gasteiger partial charge in [-0.25, -0.2) is 0 Å². The number of carbonyl (C=O) groups is 1. The van der Waals surface area contributed by atoms with Crippen molar-refractivity contribution < 1.29 is 4.79 Å². The van der Waals surface area contributed by atoms with Crippen LogP contribution in [0.2, 0.25) is 0 Å². The number of hydrogen-bond donors (Lipinski definition) is 1. The van der Waals surface area contributed by atoms with Gasteiger partial charge in [0.2, 0.25) is 5.91 Å². The number of nitrogens with zero attached hydrogens (tertiary/aromatic N) is 3. The third-order valence-electron chi connectivity index (χ3n) is 2.94. The number of aryl methyl sites for hydroxylation is 2. The zero-order valence-corrected chi connectivity index (χ0v) is 11.2. The Balaban J connectivity index is 1.81. The summed E-state index contributed by atoms with van der Waals surface area (Å²) in [5.41, 5.74) is 1.94. The van der Waals surface area contributed by atoms with Crippen molar-refractivity contribution in [1.82, 2.24) is 20.1 Å². The average molecular weight is 258 g/mol. The number of amides is 1. The Morgan fingerprint density at radius 3 is 2.95 bits per heavy atom. The summed E-state index contributed by atoms with van der Waals surface area (Å²) >= 11 is 0. The summed E-state index contributed by atoms with van der Waals surface area (Å²) in [5, 5.41) is 7.05. The molecule has 0 aliphatic heterocycles. The zero-order valence-electron chi connectivity index (χ0n) is 11.2. The molecule has 100 valence electrons. The fraction of sp³-hybridized carbons (Fsp3) is 0.357. The summed E-state index contributed by atoms with van der Waals surface area (Å²) in [6, 6.07) is 5.70. The monoisotopic (exact) mass is 258 g/mol. The van der Waals surface area contributed by atoms with Crippen LogP contribution in [0.25, 0.3) is 0 Å². The van der Waals surface area contributed by atoms with Crippen LogP contribution < -0.4 is 5.32 Å².